The smallest absolute Gasteiger partial charge is 0.308 e. The molecule has 0 radical (unpaired) electrons. The summed E-state index contributed by atoms with van der Waals surface area (Å²) < 4.78 is 69.0. The monoisotopic (exact) mass is 1130 g/mol. The molecule has 2 saturated heterocycles. The zero-order valence-electron chi connectivity index (χ0n) is 49.6. The molecule has 0 aromatic rings. The Morgan fingerprint density at radius 2 is 0.506 bits per heavy atom. The van der Waals surface area contributed by atoms with Crippen molar-refractivity contribution in [1.29, 1.82) is 0 Å². The molecule has 0 bridgehead atoms. The first-order valence-corrected chi connectivity index (χ1v) is 30.6. The maximum Gasteiger partial charge on any atom is 0.308 e. The van der Waals surface area contributed by atoms with Gasteiger partial charge in [0.2, 0.25) is 12.4 Å². The Kier molecular flexibility index (Phi) is 38.8. The molecule has 0 unspecified atom stereocenters. The molecule has 0 saturated carbocycles. The van der Waals surface area contributed by atoms with Gasteiger partial charge in [-0.15, -0.1) is 0 Å². The Morgan fingerprint density at radius 3 is 0.835 bits per heavy atom. The standard InChI is InChI=1S/C60H102O19/c1-9-17-25-33-45(61)69-41-43-53(73-47(63)35-27-19-11-3)55(74-48(64)36-28-20-12-4)58(77-51(67)39-31-23-15-7)60(72-43)79-54-44(42-70-46(62)34-26-18-10-2)71-59(78-52(68)40-32-24-16-8)57(76-50(66)38-30-22-14-6)56(54)75-49(65)37-29-21-13-5/h43-44,53-60H,9-42H2,1-8H3/t43-,44-,53+,54-,55+,56+,57-,58-,59+,60+/m1/s1. The van der Waals surface area contributed by atoms with Gasteiger partial charge in [0.25, 0.3) is 0 Å². The third kappa shape index (κ3) is 29.3. The van der Waals surface area contributed by atoms with E-state index >= 15 is 0 Å². The van der Waals surface area contributed by atoms with Crippen molar-refractivity contribution in [3.05, 3.63) is 0 Å². The third-order valence-electron chi connectivity index (χ3n) is 13.8. The summed E-state index contributed by atoms with van der Waals surface area (Å²) in [5.41, 5.74) is 0. The maximum absolute atomic E-state index is 14.1. The first-order chi connectivity index (χ1) is 38.2. The van der Waals surface area contributed by atoms with Crippen LogP contribution < -0.4 is 0 Å². The predicted molar refractivity (Wildman–Crippen MR) is 293 cm³/mol. The van der Waals surface area contributed by atoms with Gasteiger partial charge in [-0.05, 0) is 51.4 Å². The van der Waals surface area contributed by atoms with Crippen LogP contribution in [0.4, 0.5) is 0 Å². The van der Waals surface area contributed by atoms with Gasteiger partial charge in [0.05, 0.1) is 0 Å². The van der Waals surface area contributed by atoms with Gasteiger partial charge in [-0.2, -0.15) is 0 Å². The van der Waals surface area contributed by atoms with Gasteiger partial charge in [0.15, 0.2) is 30.7 Å². The zero-order valence-corrected chi connectivity index (χ0v) is 49.6. The molecular formula is C60H102O19. The van der Waals surface area contributed by atoms with E-state index in [0.29, 0.717) is 77.0 Å². The van der Waals surface area contributed by atoms with E-state index in [1.54, 1.807) is 0 Å². The lowest BCUT2D eigenvalue weighted by Gasteiger charge is -2.48. The van der Waals surface area contributed by atoms with Gasteiger partial charge in [-0.25, -0.2) is 0 Å². The average Bonchev–Trinajstić information content (AvgIpc) is 3.43. The summed E-state index contributed by atoms with van der Waals surface area (Å²) >= 11 is 0. The quantitative estimate of drug-likeness (QED) is 0.0313. The van der Waals surface area contributed by atoms with Crippen molar-refractivity contribution in [1.82, 2.24) is 0 Å². The van der Waals surface area contributed by atoms with Crippen LogP contribution in [0.25, 0.3) is 0 Å². The largest absolute Gasteiger partial charge is 0.463 e. The van der Waals surface area contributed by atoms with Gasteiger partial charge in [0.1, 0.15) is 31.5 Å². The Bertz CT molecular complexity index is 1740. The molecule has 0 N–H and O–H groups in total. The summed E-state index contributed by atoms with van der Waals surface area (Å²) in [6.07, 6.45) is -0.529. The fourth-order valence-corrected chi connectivity index (χ4v) is 9.10. The molecule has 19 heteroatoms. The second kappa shape index (κ2) is 43.4. The van der Waals surface area contributed by atoms with Gasteiger partial charge in [-0.1, -0.05) is 158 Å². The Labute approximate surface area is 472 Å². The summed E-state index contributed by atoms with van der Waals surface area (Å²) in [5, 5.41) is 0. The molecule has 2 rings (SSSR count). The number of carbonyl (C=O) groups excluding carboxylic acids is 8. The van der Waals surface area contributed by atoms with E-state index < -0.39 is 122 Å². The molecule has 0 aromatic carbocycles. The molecule has 0 aromatic heterocycles. The van der Waals surface area contributed by atoms with Crippen LogP contribution in [0.2, 0.25) is 0 Å². The summed E-state index contributed by atoms with van der Waals surface area (Å²) in [7, 11) is 0. The van der Waals surface area contributed by atoms with Crippen molar-refractivity contribution in [2.75, 3.05) is 13.2 Å². The lowest BCUT2D eigenvalue weighted by molar-refractivity contribution is -0.358. The lowest BCUT2D eigenvalue weighted by atomic mass is 9.95. The molecule has 19 nitrogen and oxygen atoms in total. The molecule has 2 heterocycles. The molecule has 2 aliphatic rings. The van der Waals surface area contributed by atoms with Crippen molar-refractivity contribution >= 4 is 47.8 Å². The minimum absolute atomic E-state index is 0.0150. The van der Waals surface area contributed by atoms with Crippen LogP contribution in [-0.4, -0.2) is 122 Å². The average molecular weight is 1130 g/mol. The predicted octanol–water partition coefficient (Wildman–Crippen LogP) is 11.7. The van der Waals surface area contributed by atoms with Crippen LogP contribution in [0.3, 0.4) is 0 Å². The van der Waals surface area contributed by atoms with E-state index in [1.165, 1.54) is 0 Å². The van der Waals surface area contributed by atoms with E-state index in [2.05, 4.69) is 0 Å². The number of unbranched alkanes of at least 4 members (excludes halogenated alkanes) is 16. The Hall–Kier alpha value is -4.36. The van der Waals surface area contributed by atoms with Crippen LogP contribution in [0.5, 0.6) is 0 Å². The molecule has 79 heavy (non-hydrogen) atoms. The van der Waals surface area contributed by atoms with Crippen molar-refractivity contribution in [3.63, 3.8) is 0 Å². The van der Waals surface area contributed by atoms with E-state index in [-0.39, 0.29) is 51.4 Å². The number of hydrogen-bond acceptors (Lipinski definition) is 19. The highest BCUT2D eigenvalue weighted by molar-refractivity contribution is 5.73. The zero-order chi connectivity index (χ0) is 58.2. The lowest BCUT2D eigenvalue weighted by Crippen LogP contribution is -2.67. The molecule has 2 aliphatic heterocycles. The van der Waals surface area contributed by atoms with E-state index in [9.17, 15) is 38.4 Å². The first-order valence-electron chi connectivity index (χ1n) is 30.6. The second-order valence-corrected chi connectivity index (χ2v) is 21.0. The normalized spacial score (nSPS) is 22.7. The fourth-order valence-electron chi connectivity index (χ4n) is 9.10. The van der Waals surface area contributed by atoms with Crippen molar-refractivity contribution in [2.45, 2.75) is 322 Å². The Morgan fingerprint density at radius 1 is 0.266 bits per heavy atom. The van der Waals surface area contributed by atoms with Gasteiger partial charge >= 0.3 is 47.8 Å². The summed E-state index contributed by atoms with van der Waals surface area (Å²) in [6, 6.07) is 0. The van der Waals surface area contributed by atoms with Gasteiger partial charge in [-0.3, -0.25) is 38.4 Å². The first kappa shape index (κ1) is 70.7. The third-order valence-corrected chi connectivity index (χ3v) is 13.8. The van der Waals surface area contributed by atoms with Crippen LogP contribution in [-0.2, 0) is 90.5 Å². The number of hydrogen-bond donors (Lipinski definition) is 0. The highest BCUT2D eigenvalue weighted by atomic mass is 16.8. The molecule has 0 aliphatic carbocycles. The molecule has 2 fully saturated rings. The van der Waals surface area contributed by atoms with Crippen LogP contribution in [0.1, 0.15) is 261 Å². The van der Waals surface area contributed by atoms with Crippen LogP contribution in [0.15, 0.2) is 0 Å². The summed E-state index contributed by atoms with van der Waals surface area (Å²) in [4.78, 5) is 110. The van der Waals surface area contributed by atoms with Gasteiger partial charge in [0, 0.05) is 51.4 Å². The van der Waals surface area contributed by atoms with E-state index in [4.69, 9.17) is 52.1 Å². The van der Waals surface area contributed by atoms with E-state index in [0.717, 1.165) is 77.0 Å². The fraction of sp³-hybridized carbons (Fsp3) is 0.867. The maximum atomic E-state index is 14.1. The van der Waals surface area contributed by atoms with Crippen molar-refractivity contribution in [3.8, 4) is 0 Å². The number of esters is 8. The molecule has 10 atom stereocenters. The van der Waals surface area contributed by atoms with Gasteiger partial charge < -0.3 is 52.1 Å². The molecule has 0 amide bonds. The highest BCUT2D eigenvalue weighted by Crippen LogP contribution is 2.37. The summed E-state index contributed by atoms with van der Waals surface area (Å²) in [5.74, 6) is -5.41. The number of ether oxygens (including phenoxy) is 11. The number of carbonyl (C=O) groups is 8. The SMILES string of the molecule is CCCCCC(=O)OC[C@H]1O[C@@H](O[C@H]2[C@H](OC(=O)CCCCC)[C@@H](OC(=O)CCCCC)[C@H](OC(=O)CCCCC)O[C@@H]2COC(=O)CCCCC)[C@H](OC(=O)CCCCC)[C@@H](OC(=O)CCCCC)[C@H]1OC(=O)CCCCC. The van der Waals surface area contributed by atoms with E-state index in [1.807, 2.05) is 55.4 Å². The number of rotatable bonds is 44. The van der Waals surface area contributed by atoms with Crippen LogP contribution in [0, 0.1) is 0 Å². The van der Waals surface area contributed by atoms with Crippen molar-refractivity contribution in [2.24, 2.45) is 0 Å². The van der Waals surface area contributed by atoms with Crippen molar-refractivity contribution < 1.29 is 90.5 Å². The Balaban J connectivity index is 3.07. The topological polar surface area (TPSA) is 238 Å². The molecule has 456 valence electrons. The summed E-state index contributed by atoms with van der Waals surface area (Å²) in [6.45, 7) is 14.7. The van der Waals surface area contributed by atoms with Crippen LogP contribution >= 0.6 is 0 Å². The molecule has 0 spiro atoms. The minimum Gasteiger partial charge on any atom is -0.463 e. The highest BCUT2D eigenvalue weighted by Gasteiger charge is 2.58. The second-order valence-electron chi connectivity index (χ2n) is 21.0. The minimum atomic E-state index is -1.84. The molecular weight excluding hydrogens is 1020 g/mol.